The Bertz CT molecular complexity index is 1330. The van der Waals surface area contributed by atoms with E-state index in [2.05, 4.69) is 0 Å². The summed E-state index contributed by atoms with van der Waals surface area (Å²) in [5, 5.41) is 9.03. The van der Waals surface area contributed by atoms with E-state index in [0.29, 0.717) is 17.0 Å². The van der Waals surface area contributed by atoms with E-state index < -0.39 is 69.5 Å². The number of hydrogen-bond acceptors (Lipinski definition) is 5. The largest absolute Gasteiger partial charge is 0.420 e. The molecule has 3 rings (SSSR count). The van der Waals surface area contributed by atoms with E-state index in [-0.39, 0.29) is 37.4 Å². The van der Waals surface area contributed by atoms with Crippen molar-refractivity contribution in [1.29, 1.82) is 0 Å². The van der Waals surface area contributed by atoms with Crippen LogP contribution in [0.3, 0.4) is 0 Å². The van der Waals surface area contributed by atoms with E-state index in [9.17, 15) is 45.0 Å². The Morgan fingerprint density at radius 1 is 1.10 bits per heavy atom. The van der Waals surface area contributed by atoms with Gasteiger partial charge in [0.25, 0.3) is 0 Å². The lowest BCUT2D eigenvalue weighted by Crippen LogP contribution is -2.40. The summed E-state index contributed by atoms with van der Waals surface area (Å²) in [4.78, 5) is 17.2. The fourth-order valence-corrected chi connectivity index (χ4v) is 4.55. The Kier molecular flexibility index (Phi) is 9.62. The minimum absolute atomic E-state index is 0.0213. The molecule has 1 atom stereocenters. The topological polar surface area (TPSA) is 59.5 Å². The van der Waals surface area contributed by atoms with Crippen LogP contribution in [0.2, 0.25) is 5.02 Å². The van der Waals surface area contributed by atoms with Crippen LogP contribution >= 0.6 is 23.8 Å². The normalized spacial score (nSPS) is 15.1. The standard InChI is InChI=1S/C24H23ClF8N4O3S/c1-34(2)10-13(38)11-36-6-7-37(21(36)41)17-9-12(23(28,29)30)8-14(24(31,32)33)20(17)40-22(39)35(3)16-5-4-15(26)18(25)19(16)27/h4-5,8-9,13,38H,6-7,10-11H2,1-3H3. The van der Waals surface area contributed by atoms with Crippen molar-refractivity contribution in [1.82, 2.24) is 9.80 Å². The van der Waals surface area contributed by atoms with Crippen LogP contribution in [0.4, 0.5) is 51.3 Å². The SMILES string of the molecule is CN(C)CC(O)CN1CCN(c2cc(C(F)(F)F)cc(C(F)(F)F)c2OC(=O)N(C)c2ccc(F)c(Cl)c2F)C1=S. The number of halogens is 9. The first kappa shape index (κ1) is 32.6. The van der Waals surface area contributed by atoms with Crippen molar-refractivity contribution in [3.8, 4) is 5.75 Å². The molecule has 41 heavy (non-hydrogen) atoms. The number of anilines is 2. The zero-order valence-corrected chi connectivity index (χ0v) is 23.2. The first-order valence-electron chi connectivity index (χ1n) is 11.6. The first-order chi connectivity index (χ1) is 18.8. The summed E-state index contributed by atoms with van der Waals surface area (Å²) >= 11 is 10.8. The number of β-amino-alcohol motifs (C(OH)–C–C–N with tert-alkyl or cyclic N) is 1. The van der Waals surface area contributed by atoms with Gasteiger partial charge in [0.15, 0.2) is 16.7 Å². The number of carbonyl (C=O) groups is 1. The zero-order valence-electron chi connectivity index (χ0n) is 21.6. The number of likely N-dealkylation sites (N-methyl/N-ethyl adjacent to an activating group) is 1. The fourth-order valence-electron chi connectivity index (χ4n) is 4.03. The van der Waals surface area contributed by atoms with Crippen LogP contribution in [0.15, 0.2) is 24.3 Å². The molecule has 7 nitrogen and oxygen atoms in total. The highest BCUT2D eigenvalue weighted by molar-refractivity contribution is 7.80. The minimum Gasteiger partial charge on any atom is -0.407 e. The molecule has 2 aromatic rings. The Morgan fingerprint density at radius 3 is 2.29 bits per heavy atom. The van der Waals surface area contributed by atoms with E-state index >= 15 is 0 Å². The van der Waals surface area contributed by atoms with Gasteiger partial charge in [-0.2, -0.15) is 26.3 Å². The van der Waals surface area contributed by atoms with Crippen molar-refractivity contribution in [2.75, 3.05) is 57.1 Å². The van der Waals surface area contributed by atoms with Crippen LogP contribution in [0.5, 0.6) is 5.75 Å². The summed E-state index contributed by atoms with van der Waals surface area (Å²) in [6.45, 7) is -0.0800. The van der Waals surface area contributed by atoms with Crippen LogP contribution in [0, 0.1) is 11.6 Å². The van der Waals surface area contributed by atoms with E-state index in [1.54, 1.807) is 19.0 Å². The van der Waals surface area contributed by atoms with Crippen LogP contribution in [-0.2, 0) is 12.4 Å². The monoisotopic (exact) mass is 634 g/mol. The second-order valence-corrected chi connectivity index (χ2v) is 10.0. The highest BCUT2D eigenvalue weighted by Crippen LogP contribution is 2.47. The molecule has 0 spiro atoms. The summed E-state index contributed by atoms with van der Waals surface area (Å²) in [6, 6.07) is 1.58. The number of ether oxygens (including phenoxy) is 1. The number of aliphatic hydroxyl groups excluding tert-OH is 1. The van der Waals surface area contributed by atoms with Gasteiger partial charge in [0.1, 0.15) is 16.4 Å². The molecular formula is C24H23ClF8N4O3S. The van der Waals surface area contributed by atoms with E-state index in [1.807, 2.05) is 0 Å². The summed E-state index contributed by atoms with van der Waals surface area (Å²) in [5.41, 5.74) is -5.16. The van der Waals surface area contributed by atoms with Crippen molar-refractivity contribution in [3.63, 3.8) is 0 Å². The van der Waals surface area contributed by atoms with E-state index in [4.69, 9.17) is 28.6 Å². The Morgan fingerprint density at radius 2 is 1.73 bits per heavy atom. The van der Waals surface area contributed by atoms with Crippen molar-refractivity contribution < 1.29 is 49.8 Å². The van der Waals surface area contributed by atoms with Gasteiger partial charge in [-0.15, -0.1) is 0 Å². The smallest absolute Gasteiger partial charge is 0.407 e. The van der Waals surface area contributed by atoms with Gasteiger partial charge in [-0.1, -0.05) is 11.6 Å². The highest BCUT2D eigenvalue weighted by Gasteiger charge is 2.43. The van der Waals surface area contributed by atoms with Crippen molar-refractivity contribution >= 4 is 46.4 Å². The van der Waals surface area contributed by atoms with Crippen molar-refractivity contribution in [2.45, 2.75) is 18.5 Å². The van der Waals surface area contributed by atoms with Crippen LogP contribution < -0.4 is 14.5 Å². The summed E-state index contributed by atoms with van der Waals surface area (Å²) in [6.07, 6.45) is -13.3. The molecule has 1 unspecified atom stereocenters. The molecule has 1 fully saturated rings. The molecule has 0 aliphatic carbocycles. The van der Waals surface area contributed by atoms with Crippen LogP contribution in [0.1, 0.15) is 11.1 Å². The van der Waals surface area contributed by atoms with Gasteiger partial charge in [0, 0.05) is 33.2 Å². The molecule has 1 amide bonds. The lowest BCUT2D eigenvalue weighted by atomic mass is 10.1. The maximum atomic E-state index is 14.5. The number of hydrogen-bond donors (Lipinski definition) is 1. The average Bonchev–Trinajstić information content (AvgIpc) is 3.19. The average molecular weight is 635 g/mol. The molecule has 1 heterocycles. The number of amides is 1. The Hall–Kier alpha value is -2.95. The molecule has 0 saturated carbocycles. The van der Waals surface area contributed by atoms with Crippen molar-refractivity contribution in [2.24, 2.45) is 0 Å². The van der Waals surface area contributed by atoms with Crippen LogP contribution in [-0.4, -0.2) is 79.5 Å². The Labute approximate surface area is 239 Å². The fraction of sp³-hybridized carbons (Fsp3) is 0.417. The van der Waals surface area contributed by atoms with Crippen LogP contribution in [0.25, 0.3) is 0 Å². The maximum Gasteiger partial charge on any atom is 0.420 e. The van der Waals surface area contributed by atoms with Gasteiger partial charge in [-0.3, -0.25) is 4.90 Å². The number of alkyl halides is 6. The quantitative estimate of drug-likeness (QED) is 0.241. The maximum absolute atomic E-state index is 14.5. The second kappa shape index (κ2) is 12.1. The molecule has 0 bridgehead atoms. The summed E-state index contributed by atoms with van der Waals surface area (Å²) in [5.74, 6) is -3.93. The molecule has 0 radical (unpaired) electrons. The van der Waals surface area contributed by atoms with Gasteiger partial charge in [0.05, 0.1) is 23.0 Å². The van der Waals surface area contributed by atoms with Gasteiger partial charge >= 0.3 is 18.4 Å². The predicted octanol–water partition coefficient (Wildman–Crippen LogP) is 5.62. The van der Waals surface area contributed by atoms with Gasteiger partial charge in [0.2, 0.25) is 0 Å². The van der Waals surface area contributed by atoms with Crippen molar-refractivity contribution in [3.05, 3.63) is 52.0 Å². The number of thiocarbonyl (C=S) groups is 1. The third-order valence-corrected chi connectivity index (χ3v) is 6.76. The first-order valence-corrected chi connectivity index (χ1v) is 12.4. The molecule has 0 aromatic heterocycles. The van der Waals surface area contributed by atoms with E-state index in [1.165, 1.54) is 4.90 Å². The molecule has 226 valence electrons. The Balaban J connectivity index is 2.10. The molecule has 1 saturated heterocycles. The molecule has 17 heteroatoms. The zero-order chi connectivity index (χ0) is 31.0. The number of nitrogens with zero attached hydrogens (tertiary/aromatic N) is 4. The number of benzene rings is 2. The third-order valence-electron chi connectivity index (χ3n) is 5.93. The number of rotatable bonds is 7. The molecule has 2 aromatic carbocycles. The molecule has 1 aliphatic heterocycles. The van der Waals surface area contributed by atoms with Gasteiger partial charge < -0.3 is 24.5 Å². The number of aliphatic hydroxyl groups is 1. The molecule has 1 N–H and O–H groups in total. The summed E-state index contributed by atoms with van der Waals surface area (Å²) < 4.78 is 116. The highest BCUT2D eigenvalue weighted by atomic mass is 35.5. The summed E-state index contributed by atoms with van der Waals surface area (Å²) in [7, 11) is 4.24. The minimum atomic E-state index is -5.45. The van der Waals surface area contributed by atoms with Gasteiger partial charge in [-0.25, -0.2) is 13.6 Å². The third kappa shape index (κ3) is 7.28. The lowest BCUT2D eigenvalue weighted by molar-refractivity contribution is -0.143. The second-order valence-electron chi connectivity index (χ2n) is 9.29. The molecule has 1 aliphatic rings. The molecular weight excluding hydrogens is 612 g/mol. The van der Waals surface area contributed by atoms with Gasteiger partial charge in [-0.05, 0) is 50.6 Å². The van der Waals surface area contributed by atoms with E-state index in [0.717, 1.165) is 18.0 Å². The number of carbonyl (C=O) groups excluding carboxylic acids is 1. The lowest BCUT2D eigenvalue weighted by Gasteiger charge is -2.28. The predicted molar refractivity (Wildman–Crippen MR) is 138 cm³/mol.